The first kappa shape index (κ1) is 16.8. The molecule has 1 aliphatic heterocycles. The number of nitrogens with two attached hydrogens (primary N) is 1. The number of halogens is 1. The molecule has 2 rings (SSSR count). The monoisotopic (exact) mass is 328 g/mol. The van der Waals surface area contributed by atoms with E-state index in [0.717, 1.165) is 12.8 Å². The average Bonchev–Trinajstić information content (AvgIpc) is 2.50. The van der Waals surface area contributed by atoms with Gasteiger partial charge in [-0.25, -0.2) is 4.98 Å². The van der Waals surface area contributed by atoms with E-state index in [1.165, 1.54) is 0 Å². The molecule has 0 saturated carbocycles. The maximum Gasteiger partial charge on any atom is 0.310 e. The SMILES string of the molecule is CCOC(=O)Cc1c(Cl)nc(N)nc1N(C)C1CCOCC1. The van der Waals surface area contributed by atoms with Crippen LogP contribution in [0.5, 0.6) is 0 Å². The molecule has 1 aromatic rings. The number of nitrogens with zero attached hydrogens (tertiary/aromatic N) is 3. The van der Waals surface area contributed by atoms with Crippen molar-refractivity contribution in [3.63, 3.8) is 0 Å². The standard InChI is InChI=1S/C14H21ClN4O3/c1-3-22-11(20)8-10-12(15)17-14(16)18-13(10)19(2)9-4-6-21-7-5-9/h9H,3-8H2,1-2H3,(H2,16,17,18). The van der Waals surface area contributed by atoms with Crippen molar-refractivity contribution in [2.24, 2.45) is 0 Å². The second kappa shape index (κ2) is 7.60. The quantitative estimate of drug-likeness (QED) is 0.646. The van der Waals surface area contributed by atoms with E-state index >= 15 is 0 Å². The van der Waals surface area contributed by atoms with Gasteiger partial charge >= 0.3 is 5.97 Å². The first-order valence-electron chi connectivity index (χ1n) is 7.31. The molecule has 8 heteroatoms. The minimum atomic E-state index is -0.362. The summed E-state index contributed by atoms with van der Waals surface area (Å²) < 4.78 is 10.4. The van der Waals surface area contributed by atoms with E-state index in [9.17, 15) is 4.79 Å². The normalized spacial score (nSPS) is 15.6. The lowest BCUT2D eigenvalue weighted by Crippen LogP contribution is -2.38. The molecule has 0 aromatic carbocycles. The van der Waals surface area contributed by atoms with Crippen molar-refractivity contribution in [1.29, 1.82) is 0 Å². The molecule has 0 amide bonds. The fraction of sp³-hybridized carbons (Fsp3) is 0.643. The zero-order valence-corrected chi connectivity index (χ0v) is 13.6. The van der Waals surface area contributed by atoms with E-state index in [1.54, 1.807) is 6.92 Å². The smallest absolute Gasteiger partial charge is 0.310 e. The van der Waals surface area contributed by atoms with Crippen molar-refractivity contribution in [3.8, 4) is 0 Å². The Morgan fingerprint density at radius 2 is 2.14 bits per heavy atom. The van der Waals surface area contributed by atoms with Crippen LogP contribution in [-0.2, 0) is 20.7 Å². The highest BCUT2D eigenvalue weighted by Gasteiger charge is 2.25. The van der Waals surface area contributed by atoms with Crippen molar-refractivity contribution in [1.82, 2.24) is 9.97 Å². The van der Waals surface area contributed by atoms with Gasteiger partial charge in [-0.2, -0.15) is 4.98 Å². The van der Waals surface area contributed by atoms with E-state index in [2.05, 4.69) is 9.97 Å². The number of esters is 1. The fourth-order valence-electron chi connectivity index (χ4n) is 2.51. The van der Waals surface area contributed by atoms with Gasteiger partial charge < -0.3 is 20.1 Å². The van der Waals surface area contributed by atoms with Crippen LogP contribution in [0.4, 0.5) is 11.8 Å². The summed E-state index contributed by atoms with van der Waals surface area (Å²) in [4.78, 5) is 22.0. The number of aromatic nitrogens is 2. The molecule has 0 radical (unpaired) electrons. The van der Waals surface area contributed by atoms with Gasteiger partial charge in [-0.1, -0.05) is 11.6 Å². The summed E-state index contributed by atoms with van der Waals surface area (Å²) in [5.41, 5.74) is 6.26. The molecule has 1 fully saturated rings. The van der Waals surface area contributed by atoms with E-state index < -0.39 is 0 Å². The second-order valence-corrected chi connectivity index (χ2v) is 5.47. The van der Waals surface area contributed by atoms with E-state index in [-0.39, 0.29) is 29.5 Å². The molecule has 7 nitrogen and oxygen atoms in total. The summed E-state index contributed by atoms with van der Waals surface area (Å²) in [5, 5.41) is 0.189. The molecular weight excluding hydrogens is 308 g/mol. The first-order chi connectivity index (χ1) is 10.5. The zero-order valence-electron chi connectivity index (χ0n) is 12.8. The van der Waals surface area contributed by atoms with Crippen LogP contribution in [0.25, 0.3) is 0 Å². The minimum absolute atomic E-state index is 0.0237. The lowest BCUT2D eigenvalue weighted by atomic mass is 10.1. The highest BCUT2D eigenvalue weighted by molar-refractivity contribution is 6.30. The summed E-state index contributed by atoms with van der Waals surface area (Å²) in [5.74, 6) is 0.309. The number of hydrogen-bond acceptors (Lipinski definition) is 7. The lowest BCUT2D eigenvalue weighted by molar-refractivity contribution is -0.142. The van der Waals surface area contributed by atoms with Gasteiger partial charge in [0.1, 0.15) is 11.0 Å². The average molecular weight is 329 g/mol. The van der Waals surface area contributed by atoms with Crippen LogP contribution in [0.1, 0.15) is 25.3 Å². The van der Waals surface area contributed by atoms with Crippen molar-refractivity contribution >= 4 is 29.3 Å². The van der Waals surface area contributed by atoms with Crippen LogP contribution in [0.15, 0.2) is 0 Å². The summed E-state index contributed by atoms with van der Waals surface area (Å²) in [6.45, 7) is 3.48. The Hall–Kier alpha value is -1.60. The molecule has 2 heterocycles. The number of hydrogen-bond donors (Lipinski definition) is 1. The third-order valence-corrected chi connectivity index (χ3v) is 3.96. The number of nitrogen functional groups attached to an aromatic ring is 1. The summed E-state index contributed by atoms with van der Waals surface area (Å²) >= 11 is 6.17. The number of carbonyl (C=O) groups is 1. The van der Waals surface area contributed by atoms with Crippen molar-refractivity contribution in [2.75, 3.05) is 37.5 Å². The van der Waals surface area contributed by atoms with Crippen molar-refractivity contribution in [3.05, 3.63) is 10.7 Å². The van der Waals surface area contributed by atoms with Gasteiger partial charge in [-0.05, 0) is 19.8 Å². The van der Waals surface area contributed by atoms with Crippen LogP contribution in [0.2, 0.25) is 5.15 Å². The fourth-order valence-corrected chi connectivity index (χ4v) is 2.74. The number of anilines is 2. The molecular formula is C14H21ClN4O3. The molecule has 0 aliphatic carbocycles. The summed E-state index contributed by atoms with van der Waals surface area (Å²) in [6.07, 6.45) is 1.80. The highest BCUT2D eigenvalue weighted by atomic mass is 35.5. The first-order valence-corrected chi connectivity index (χ1v) is 7.68. The van der Waals surface area contributed by atoms with Crippen LogP contribution in [-0.4, -0.2) is 48.8 Å². The zero-order chi connectivity index (χ0) is 16.1. The molecule has 2 N–H and O–H groups in total. The molecule has 0 unspecified atom stereocenters. The molecule has 0 spiro atoms. The minimum Gasteiger partial charge on any atom is -0.466 e. The van der Waals surface area contributed by atoms with Gasteiger partial charge in [0.05, 0.1) is 13.0 Å². The molecule has 1 aliphatic rings. The number of ether oxygens (including phenoxy) is 2. The van der Waals surface area contributed by atoms with Crippen LogP contribution in [0.3, 0.4) is 0 Å². The second-order valence-electron chi connectivity index (χ2n) is 5.11. The van der Waals surface area contributed by atoms with Gasteiger partial charge in [0.2, 0.25) is 5.95 Å². The van der Waals surface area contributed by atoms with Crippen molar-refractivity contribution < 1.29 is 14.3 Å². The topological polar surface area (TPSA) is 90.6 Å². The molecule has 0 atom stereocenters. The maximum atomic E-state index is 11.8. The van der Waals surface area contributed by atoms with E-state index in [4.69, 9.17) is 26.8 Å². The summed E-state index contributed by atoms with van der Waals surface area (Å²) in [7, 11) is 1.92. The maximum absolute atomic E-state index is 11.8. The van der Waals surface area contributed by atoms with E-state index in [1.807, 2.05) is 11.9 Å². The van der Waals surface area contributed by atoms with Gasteiger partial charge in [-0.15, -0.1) is 0 Å². The number of rotatable bonds is 5. The Morgan fingerprint density at radius 3 is 2.77 bits per heavy atom. The third kappa shape index (κ3) is 3.98. The van der Waals surface area contributed by atoms with Gasteiger partial charge in [0, 0.05) is 31.9 Å². The molecule has 122 valence electrons. The Bertz CT molecular complexity index is 535. The van der Waals surface area contributed by atoms with E-state index in [0.29, 0.717) is 31.2 Å². The Balaban J connectivity index is 2.29. The van der Waals surface area contributed by atoms with Gasteiger partial charge in [0.15, 0.2) is 0 Å². The van der Waals surface area contributed by atoms with Gasteiger partial charge in [-0.3, -0.25) is 4.79 Å². The highest BCUT2D eigenvalue weighted by Crippen LogP contribution is 2.28. The predicted octanol–water partition coefficient (Wildman–Crippen LogP) is 1.43. The summed E-state index contributed by atoms with van der Waals surface area (Å²) in [6, 6.07) is 0.264. The van der Waals surface area contributed by atoms with Crippen LogP contribution >= 0.6 is 11.6 Å². The Morgan fingerprint density at radius 1 is 1.45 bits per heavy atom. The largest absolute Gasteiger partial charge is 0.466 e. The Kier molecular flexibility index (Phi) is 5.79. The third-order valence-electron chi connectivity index (χ3n) is 3.65. The Labute approximate surface area is 134 Å². The lowest BCUT2D eigenvalue weighted by Gasteiger charge is -2.33. The van der Waals surface area contributed by atoms with Gasteiger partial charge in [0.25, 0.3) is 0 Å². The molecule has 0 bridgehead atoms. The molecule has 1 saturated heterocycles. The number of carbonyl (C=O) groups excluding carboxylic acids is 1. The molecule has 22 heavy (non-hydrogen) atoms. The van der Waals surface area contributed by atoms with Crippen molar-refractivity contribution in [2.45, 2.75) is 32.2 Å². The van der Waals surface area contributed by atoms with Crippen LogP contribution in [0, 0.1) is 0 Å². The molecule has 1 aromatic heterocycles. The predicted molar refractivity (Wildman–Crippen MR) is 84.0 cm³/mol. The van der Waals surface area contributed by atoms with Crippen LogP contribution < -0.4 is 10.6 Å².